The van der Waals surface area contributed by atoms with Crippen molar-refractivity contribution >= 4 is 56.6 Å². The van der Waals surface area contributed by atoms with Crippen molar-refractivity contribution in [2.45, 2.75) is 37.1 Å². The smallest absolute Gasteiger partial charge is 0.268 e. The number of rotatable bonds is 6. The summed E-state index contributed by atoms with van der Waals surface area (Å²) in [4.78, 5) is 30.7. The summed E-state index contributed by atoms with van der Waals surface area (Å²) in [5.74, 6) is 0.516. The van der Waals surface area contributed by atoms with E-state index < -0.39 is 0 Å². The summed E-state index contributed by atoms with van der Waals surface area (Å²) in [6.45, 7) is 2.96. The molecule has 1 fully saturated rings. The van der Waals surface area contributed by atoms with Crippen LogP contribution in [-0.2, 0) is 22.5 Å². The number of amides is 1. The average molecular weight is 545 g/mol. The van der Waals surface area contributed by atoms with Gasteiger partial charge in [-0.15, -0.1) is 21.5 Å². The standard InChI is InChI=1S/C24H25ClN6O3S2/c1-29-8-7-17-18(12-29)36-22-20(17)21(33)30(15-5-2-4-14(25)10-15)23-27-28-24(31(22)23)35-13-19(32)26-11-16-6-3-9-34-16/h2,4-5,10,16H,3,6-9,11-13H2,1H3,(H,26,32)/t16-/m0/s1. The maximum atomic E-state index is 13.9. The van der Waals surface area contributed by atoms with Crippen LogP contribution in [0.25, 0.3) is 21.7 Å². The number of thiophene rings is 1. The van der Waals surface area contributed by atoms with E-state index in [2.05, 4.69) is 27.5 Å². The molecule has 0 radical (unpaired) electrons. The molecule has 0 unspecified atom stereocenters. The predicted octanol–water partition coefficient (Wildman–Crippen LogP) is 3.12. The number of hydrogen-bond acceptors (Lipinski definition) is 8. The van der Waals surface area contributed by atoms with E-state index >= 15 is 0 Å². The van der Waals surface area contributed by atoms with E-state index in [1.807, 2.05) is 16.5 Å². The third kappa shape index (κ3) is 4.32. The van der Waals surface area contributed by atoms with Crippen LogP contribution in [0.1, 0.15) is 23.3 Å². The van der Waals surface area contributed by atoms with E-state index in [0.717, 1.165) is 49.4 Å². The molecule has 1 atom stereocenters. The fraction of sp³-hybridized carbons (Fsp3) is 0.417. The number of halogens is 1. The number of carbonyl (C=O) groups is 1. The Kier molecular flexibility index (Phi) is 6.51. The van der Waals surface area contributed by atoms with Crippen LogP contribution in [0.3, 0.4) is 0 Å². The number of nitrogens with one attached hydrogen (secondary N) is 1. The lowest BCUT2D eigenvalue weighted by Gasteiger charge is -2.21. The fourth-order valence-electron chi connectivity index (χ4n) is 4.84. The van der Waals surface area contributed by atoms with Gasteiger partial charge in [0.25, 0.3) is 5.56 Å². The van der Waals surface area contributed by atoms with E-state index in [1.54, 1.807) is 28.0 Å². The minimum Gasteiger partial charge on any atom is -0.376 e. The van der Waals surface area contributed by atoms with Crippen molar-refractivity contribution in [1.82, 2.24) is 29.4 Å². The van der Waals surface area contributed by atoms with Gasteiger partial charge in [0.15, 0.2) is 5.16 Å². The maximum absolute atomic E-state index is 13.9. The Morgan fingerprint density at radius 3 is 3.06 bits per heavy atom. The van der Waals surface area contributed by atoms with Gasteiger partial charge in [0.2, 0.25) is 11.7 Å². The largest absolute Gasteiger partial charge is 0.376 e. The molecule has 5 heterocycles. The summed E-state index contributed by atoms with van der Waals surface area (Å²) in [5, 5.41) is 13.6. The highest BCUT2D eigenvalue weighted by Gasteiger charge is 2.27. The number of benzene rings is 1. The van der Waals surface area contributed by atoms with Crippen molar-refractivity contribution in [2.75, 3.05) is 32.5 Å². The van der Waals surface area contributed by atoms with E-state index in [-0.39, 0.29) is 23.3 Å². The van der Waals surface area contributed by atoms with Gasteiger partial charge in [-0.25, -0.2) is 8.97 Å². The van der Waals surface area contributed by atoms with Crippen LogP contribution in [0, 0.1) is 0 Å². The summed E-state index contributed by atoms with van der Waals surface area (Å²) < 4.78 is 9.08. The van der Waals surface area contributed by atoms with Gasteiger partial charge in [-0.1, -0.05) is 29.4 Å². The molecular formula is C24H25ClN6O3S2. The zero-order valence-electron chi connectivity index (χ0n) is 19.7. The molecule has 188 valence electrons. The van der Waals surface area contributed by atoms with E-state index in [1.165, 1.54) is 16.6 Å². The van der Waals surface area contributed by atoms with Gasteiger partial charge in [-0.2, -0.15) is 0 Å². The molecule has 1 saturated heterocycles. The summed E-state index contributed by atoms with van der Waals surface area (Å²) in [6, 6.07) is 7.18. The van der Waals surface area contributed by atoms with Gasteiger partial charge in [-0.05, 0) is 50.1 Å². The molecule has 1 amide bonds. The molecular weight excluding hydrogens is 520 g/mol. The number of aromatic nitrogens is 4. The molecule has 0 spiro atoms. The maximum Gasteiger partial charge on any atom is 0.268 e. The van der Waals surface area contributed by atoms with Gasteiger partial charge >= 0.3 is 0 Å². The Balaban J connectivity index is 1.43. The van der Waals surface area contributed by atoms with Crippen LogP contribution < -0.4 is 10.9 Å². The van der Waals surface area contributed by atoms with Crippen molar-refractivity contribution in [1.29, 1.82) is 0 Å². The van der Waals surface area contributed by atoms with Crippen molar-refractivity contribution in [3.63, 3.8) is 0 Å². The summed E-state index contributed by atoms with van der Waals surface area (Å²) in [5.41, 5.74) is 1.60. The van der Waals surface area contributed by atoms with Crippen LogP contribution in [0.2, 0.25) is 5.02 Å². The second-order valence-corrected chi connectivity index (χ2v) is 11.6. The number of hydrogen-bond donors (Lipinski definition) is 1. The van der Waals surface area contributed by atoms with Gasteiger partial charge in [0, 0.05) is 36.1 Å². The highest BCUT2D eigenvalue weighted by atomic mass is 35.5. The zero-order valence-corrected chi connectivity index (χ0v) is 22.1. The molecule has 4 aromatic rings. The molecule has 9 nitrogen and oxygen atoms in total. The Morgan fingerprint density at radius 1 is 1.36 bits per heavy atom. The van der Waals surface area contributed by atoms with E-state index in [4.69, 9.17) is 16.3 Å². The Hall–Kier alpha value is -2.44. The molecule has 0 bridgehead atoms. The average Bonchev–Trinajstić information content (AvgIpc) is 3.60. The molecule has 0 aliphatic carbocycles. The van der Waals surface area contributed by atoms with Crippen molar-refractivity contribution in [3.05, 3.63) is 50.1 Å². The summed E-state index contributed by atoms with van der Waals surface area (Å²) >= 11 is 9.19. The Bertz CT molecular complexity index is 1520. The third-order valence-corrected chi connectivity index (χ3v) is 8.98. The molecule has 1 aromatic carbocycles. The molecule has 36 heavy (non-hydrogen) atoms. The lowest BCUT2D eigenvalue weighted by Crippen LogP contribution is -2.32. The van der Waals surface area contributed by atoms with Gasteiger partial charge in [-0.3, -0.25) is 9.59 Å². The number of ether oxygens (including phenoxy) is 1. The van der Waals surface area contributed by atoms with Gasteiger partial charge in [0.05, 0.1) is 22.9 Å². The van der Waals surface area contributed by atoms with Crippen LogP contribution in [0.5, 0.6) is 0 Å². The number of likely N-dealkylation sites (N-methyl/N-ethyl adjacent to an activating group) is 1. The summed E-state index contributed by atoms with van der Waals surface area (Å²) in [7, 11) is 2.09. The number of nitrogens with zero attached hydrogens (tertiary/aromatic N) is 5. The summed E-state index contributed by atoms with van der Waals surface area (Å²) in [6.07, 6.45) is 2.90. The third-order valence-electron chi connectivity index (χ3n) is 6.62. The molecule has 2 aliphatic rings. The fourth-order valence-corrected chi connectivity index (χ4v) is 7.26. The molecule has 3 aromatic heterocycles. The number of fused-ring (bicyclic) bond motifs is 5. The van der Waals surface area contributed by atoms with Crippen molar-refractivity contribution in [3.8, 4) is 5.69 Å². The highest BCUT2D eigenvalue weighted by Crippen LogP contribution is 2.35. The quantitative estimate of drug-likeness (QED) is 0.373. The minimum absolute atomic E-state index is 0.0845. The molecule has 2 aliphatic heterocycles. The van der Waals surface area contributed by atoms with Gasteiger partial charge in [0.1, 0.15) is 4.83 Å². The van der Waals surface area contributed by atoms with Gasteiger partial charge < -0.3 is 15.0 Å². The van der Waals surface area contributed by atoms with Crippen molar-refractivity contribution < 1.29 is 9.53 Å². The normalized spacial score (nSPS) is 18.2. The Labute approximate surface area is 220 Å². The van der Waals surface area contributed by atoms with Crippen LogP contribution in [-0.4, -0.2) is 68.6 Å². The first-order valence-corrected chi connectivity index (χ1v) is 14.1. The zero-order chi connectivity index (χ0) is 24.8. The topological polar surface area (TPSA) is 93.8 Å². The number of carbonyl (C=O) groups excluding carboxylic acids is 1. The molecule has 12 heteroatoms. The van der Waals surface area contributed by atoms with E-state index in [0.29, 0.717) is 33.6 Å². The van der Waals surface area contributed by atoms with Crippen LogP contribution in [0.15, 0.2) is 34.2 Å². The highest BCUT2D eigenvalue weighted by molar-refractivity contribution is 7.99. The van der Waals surface area contributed by atoms with E-state index in [9.17, 15) is 9.59 Å². The first-order chi connectivity index (χ1) is 17.5. The molecule has 0 saturated carbocycles. The Morgan fingerprint density at radius 2 is 2.25 bits per heavy atom. The monoisotopic (exact) mass is 544 g/mol. The minimum atomic E-state index is -0.125. The second-order valence-electron chi connectivity index (χ2n) is 9.14. The van der Waals surface area contributed by atoms with Crippen LogP contribution >= 0.6 is 34.7 Å². The first-order valence-electron chi connectivity index (χ1n) is 11.9. The lowest BCUT2D eigenvalue weighted by molar-refractivity contribution is -0.119. The second kappa shape index (κ2) is 9.79. The lowest BCUT2D eigenvalue weighted by atomic mass is 10.1. The van der Waals surface area contributed by atoms with Crippen molar-refractivity contribution in [2.24, 2.45) is 0 Å². The molecule has 1 N–H and O–H groups in total. The first kappa shape index (κ1) is 23.9. The SMILES string of the molecule is CN1CCc2c(sc3c2c(=O)n(-c2cccc(Cl)c2)c2nnc(SCC(=O)NC[C@@H]4CCCO4)n32)C1. The predicted molar refractivity (Wildman–Crippen MR) is 142 cm³/mol. The number of thioether (sulfide) groups is 1. The molecule has 6 rings (SSSR count). The van der Waals surface area contributed by atoms with Crippen LogP contribution in [0.4, 0.5) is 0 Å².